The van der Waals surface area contributed by atoms with Gasteiger partial charge in [-0.3, -0.25) is 24.5 Å². The van der Waals surface area contributed by atoms with Crippen molar-refractivity contribution in [1.29, 1.82) is 0 Å². The molecule has 4 aromatic heterocycles. The van der Waals surface area contributed by atoms with E-state index < -0.39 is 18.0 Å². The molecule has 0 saturated carbocycles. The zero-order chi connectivity index (χ0) is 41.2. The topological polar surface area (TPSA) is 213 Å². The molecule has 5 aromatic rings. The van der Waals surface area contributed by atoms with Gasteiger partial charge in [0.15, 0.2) is 5.65 Å². The van der Waals surface area contributed by atoms with Crippen molar-refractivity contribution in [2.75, 3.05) is 41.7 Å². The molecule has 0 radical (unpaired) electrons. The number of amides is 6. The van der Waals surface area contributed by atoms with Gasteiger partial charge in [-0.25, -0.2) is 19.3 Å². The summed E-state index contributed by atoms with van der Waals surface area (Å²) in [6.07, 6.45) is 8.53. The third-order valence-electron chi connectivity index (χ3n) is 10.8. The summed E-state index contributed by atoms with van der Waals surface area (Å²) in [5, 5.41) is 16.5. The van der Waals surface area contributed by atoms with Gasteiger partial charge in [-0.05, 0) is 55.0 Å². The molecule has 7 heterocycles. The lowest BCUT2D eigenvalue weighted by atomic mass is 10.0. The first-order valence-electron chi connectivity index (χ1n) is 19.7. The number of aromatic nitrogens is 6. The lowest BCUT2D eigenvalue weighted by Gasteiger charge is -2.36. The normalized spacial score (nSPS) is 16.8. The van der Waals surface area contributed by atoms with E-state index in [1.165, 1.54) is 6.20 Å². The van der Waals surface area contributed by atoms with Gasteiger partial charge in [0.05, 0.1) is 40.7 Å². The molecule has 3 aliphatic heterocycles. The third-order valence-corrected chi connectivity index (χ3v) is 11.1. The van der Waals surface area contributed by atoms with Crippen molar-refractivity contribution in [2.45, 2.75) is 77.3 Å². The van der Waals surface area contributed by atoms with E-state index in [9.17, 15) is 24.0 Å². The third kappa shape index (κ3) is 8.43. The van der Waals surface area contributed by atoms with Crippen LogP contribution < -0.4 is 20.9 Å². The maximum Gasteiger partial charge on any atom is 0.323 e. The number of aryl methyl sites for hydroxylation is 1. The Morgan fingerprint density at radius 3 is 2.61 bits per heavy atom. The molecule has 19 heteroatoms. The Balaban J connectivity index is 0.754. The van der Waals surface area contributed by atoms with Crippen molar-refractivity contribution in [3.05, 3.63) is 76.7 Å². The molecular formula is C40H43ClN12O6. The van der Waals surface area contributed by atoms with Gasteiger partial charge in [0.2, 0.25) is 29.4 Å². The van der Waals surface area contributed by atoms with E-state index in [1.54, 1.807) is 33.9 Å². The molecule has 1 unspecified atom stereocenters. The number of carbonyl (C=O) groups is 5. The number of hydrogen-bond acceptors (Lipinski definition) is 12. The van der Waals surface area contributed by atoms with E-state index in [-0.39, 0.29) is 40.9 Å². The molecule has 6 amide bonds. The van der Waals surface area contributed by atoms with Crippen LogP contribution in [0.5, 0.6) is 0 Å². The fourth-order valence-corrected chi connectivity index (χ4v) is 8.06. The van der Waals surface area contributed by atoms with E-state index in [0.717, 1.165) is 36.2 Å². The summed E-state index contributed by atoms with van der Waals surface area (Å²) in [5.41, 5.74) is 5.13. The number of fused-ring (bicyclic) bond motifs is 2. The minimum absolute atomic E-state index is 0.0696. The van der Waals surface area contributed by atoms with Crippen LogP contribution in [0.3, 0.4) is 0 Å². The van der Waals surface area contributed by atoms with Crippen LogP contribution in [0.1, 0.15) is 85.8 Å². The summed E-state index contributed by atoms with van der Waals surface area (Å²) in [6.45, 7) is 6.88. The number of piperazine rings is 1. The number of imide groups is 1. The van der Waals surface area contributed by atoms with E-state index in [4.69, 9.17) is 16.1 Å². The van der Waals surface area contributed by atoms with E-state index in [2.05, 4.69) is 46.1 Å². The number of unbranched alkanes of at least 4 members (excludes halogenated alkanes) is 2. The number of benzene rings is 1. The minimum Gasteiger partial charge on any atom is -0.368 e. The molecule has 1 aromatic carbocycles. The second kappa shape index (κ2) is 16.8. The summed E-state index contributed by atoms with van der Waals surface area (Å²) in [4.78, 5) is 81.8. The van der Waals surface area contributed by atoms with Crippen molar-refractivity contribution in [3.8, 4) is 11.5 Å². The maximum absolute atomic E-state index is 13.1. The van der Waals surface area contributed by atoms with Crippen LogP contribution in [0.4, 0.5) is 21.9 Å². The molecular weight excluding hydrogens is 780 g/mol. The smallest absolute Gasteiger partial charge is 0.323 e. The van der Waals surface area contributed by atoms with Crippen LogP contribution in [0.25, 0.3) is 17.2 Å². The Labute approximate surface area is 343 Å². The fourth-order valence-electron chi connectivity index (χ4n) is 7.81. The van der Waals surface area contributed by atoms with Gasteiger partial charge in [-0.2, -0.15) is 10.1 Å². The second-order valence-electron chi connectivity index (χ2n) is 15.1. The number of pyridine rings is 1. The number of rotatable bonds is 12. The van der Waals surface area contributed by atoms with Gasteiger partial charge in [0, 0.05) is 69.3 Å². The van der Waals surface area contributed by atoms with Crippen LogP contribution in [-0.4, -0.2) is 101 Å². The number of nitrogens with zero attached hydrogens (tertiary/aromatic N) is 9. The summed E-state index contributed by atoms with van der Waals surface area (Å²) >= 11 is 6.53. The molecule has 2 fully saturated rings. The first kappa shape index (κ1) is 39.4. The quantitative estimate of drug-likeness (QED) is 0.114. The number of hydrogen-bond donors (Lipinski definition) is 3. The molecule has 2 saturated heterocycles. The van der Waals surface area contributed by atoms with Crippen LogP contribution in [-0.2, 0) is 27.3 Å². The molecule has 0 bridgehead atoms. The molecule has 3 N–H and O–H groups in total. The van der Waals surface area contributed by atoms with Crippen molar-refractivity contribution < 1.29 is 28.5 Å². The number of halogens is 1. The Hall–Kier alpha value is -6.43. The van der Waals surface area contributed by atoms with Crippen LogP contribution in [0.2, 0.25) is 5.02 Å². The highest BCUT2D eigenvalue weighted by molar-refractivity contribution is 6.33. The van der Waals surface area contributed by atoms with Crippen molar-refractivity contribution >= 4 is 64.0 Å². The van der Waals surface area contributed by atoms with Gasteiger partial charge in [-0.1, -0.05) is 37.0 Å². The Morgan fingerprint density at radius 2 is 1.83 bits per heavy atom. The Bertz CT molecular complexity index is 2440. The fraction of sp³-hybridized carbons (Fsp3) is 0.400. The summed E-state index contributed by atoms with van der Waals surface area (Å²) in [7, 11) is 0. The minimum atomic E-state index is -0.647. The number of piperidine rings is 1. The first-order valence-corrected chi connectivity index (χ1v) is 20.1. The van der Waals surface area contributed by atoms with Crippen molar-refractivity contribution in [2.24, 2.45) is 0 Å². The molecule has 8 rings (SSSR count). The monoisotopic (exact) mass is 822 g/mol. The van der Waals surface area contributed by atoms with Crippen molar-refractivity contribution in [3.63, 3.8) is 0 Å². The van der Waals surface area contributed by atoms with E-state index in [0.29, 0.717) is 86.2 Å². The van der Waals surface area contributed by atoms with Gasteiger partial charge in [0.1, 0.15) is 11.7 Å². The summed E-state index contributed by atoms with van der Waals surface area (Å²) in [5.74, 6) is -0.0708. The molecule has 306 valence electrons. The van der Waals surface area contributed by atoms with Gasteiger partial charge in [-0.15, -0.1) is 0 Å². The Kier molecular flexibility index (Phi) is 11.2. The zero-order valence-electron chi connectivity index (χ0n) is 32.6. The van der Waals surface area contributed by atoms with Crippen LogP contribution in [0, 0.1) is 0 Å². The average Bonchev–Trinajstić information content (AvgIpc) is 3.97. The van der Waals surface area contributed by atoms with Gasteiger partial charge in [0.25, 0.3) is 5.91 Å². The van der Waals surface area contributed by atoms with Crippen LogP contribution >= 0.6 is 11.6 Å². The largest absolute Gasteiger partial charge is 0.368 e. The lowest BCUT2D eigenvalue weighted by Crippen LogP contribution is -2.52. The number of urea groups is 1. The Morgan fingerprint density at radius 1 is 1.00 bits per heavy atom. The molecule has 1 atom stereocenters. The highest BCUT2D eigenvalue weighted by Gasteiger charge is 2.39. The SMILES string of the molecule is CC(C)c1c(NC(=O)Nc2cnc(-c3noc(CCCCCC(=O)N4CCN(c5ccc6c(c5)CN(C5CCC(=O)NC5=O)C6=O)CC4)n3)c(Cl)c2)cnc2ccnn12. The zero-order valence-corrected chi connectivity index (χ0v) is 33.4. The molecule has 0 spiro atoms. The first-order chi connectivity index (χ1) is 28.5. The van der Waals surface area contributed by atoms with E-state index in [1.807, 2.05) is 36.9 Å². The van der Waals surface area contributed by atoms with Crippen LogP contribution in [0.15, 0.2) is 53.4 Å². The number of carbonyl (C=O) groups excluding carboxylic acids is 5. The lowest BCUT2D eigenvalue weighted by molar-refractivity contribution is -0.137. The maximum atomic E-state index is 13.1. The van der Waals surface area contributed by atoms with Crippen molar-refractivity contribution in [1.82, 2.24) is 44.8 Å². The summed E-state index contributed by atoms with van der Waals surface area (Å²) in [6, 6.07) is 7.94. The molecule has 0 aliphatic carbocycles. The highest BCUT2D eigenvalue weighted by atomic mass is 35.5. The molecule has 3 aliphatic rings. The number of nitrogens with one attached hydrogen (secondary N) is 3. The van der Waals surface area contributed by atoms with Gasteiger partial charge >= 0.3 is 6.03 Å². The predicted octanol–water partition coefficient (Wildman–Crippen LogP) is 4.81. The van der Waals surface area contributed by atoms with E-state index >= 15 is 0 Å². The standard InChI is InChI=1S/C40H43ClN12O6/c1-23(2)36-29(21-42-31-12-13-44-53(31)36)46-40(58)45-25-19-28(41)35(43-20-25)37-48-33(59-49-37)6-4-3-5-7-34(55)51-16-14-50(15-17-51)26-8-9-27-24(18-26)22-52(39(27)57)30-10-11-32(54)47-38(30)56/h8-9,12-13,18-21,23,30H,3-7,10-11,14-17,22H2,1-2H3,(H2,45,46,58)(H,47,54,56). The predicted molar refractivity (Wildman–Crippen MR) is 216 cm³/mol. The number of anilines is 3. The highest BCUT2D eigenvalue weighted by Crippen LogP contribution is 2.32. The molecule has 59 heavy (non-hydrogen) atoms. The van der Waals surface area contributed by atoms with Gasteiger partial charge < -0.3 is 29.9 Å². The average molecular weight is 823 g/mol. The molecule has 18 nitrogen and oxygen atoms in total. The second-order valence-corrected chi connectivity index (χ2v) is 15.5. The summed E-state index contributed by atoms with van der Waals surface area (Å²) < 4.78 is 7.15.